The maximum absolute atomic E-state index is 10.8. The SMILES string of the molecule is O=C(O)c1cccc(OCCCSCCCO)c1. The Bertz CT molecular complexity index is 368. The zero-order valence-corrected chi connectivity index (χ0v) is 11.0. The van der Waals surface area contributed by atoms with E-state index in [2.05, 4.69) is 0 Å². The molecule has 0 saturated heterocycles. The summed E-state index contributed by atoms with van der Waals surface area (Å²) in [5.41, 5.74) is 0.241. The Hall–Kier alpha value is -1.20. The number of hydrogen-bond acceptors (Lipinski definition) is 4. The molecule has 0 spiro atoms. The van der Waals surface area contributed by atoms with Gasteiger partial charge in [-0.25, -0.2) is 4.79 Å². The molecule has 0 aliphatic rings. The van der Waals surface area contributed by atoms with Gasteiger partial charge in [0.15, 0.2) is 0 Å². The van der Waals surface area contributed by atoms with E-state index in [1.165, 1.54) is 6.07 Å². The molecule has 0 aliphatic heterocycles. The summed E-state index contributed by atoms with van der Waals surface area (Å²) in [5, 5.41) is 17.4. The van der Waals surface area contributed by atoms with Crippen molar-refractivity contribution in [1.29, 1.82) is 0 Å². The largest absolute Gasteiger partial charge is 0.494 e. The molecule has 1 rings (SSSR count). The molecule has 0 radical (unpaired) electrons. The van der Waals surface area contributed by atoms with E-state index >= 15 is 0 Å². The van der Waals surface area contributed by atoms with Crippen LogP contribution in [0.1, 0.15) is 23.2 Å². The third kappa shape index (κ3) is 5.93. The van der Waals surface area contributed by atoms with E-state index in [1.54, 1.807) is 30.0 Å². The predicted molar refractivity (Wildman–Crippen MR) is 72.5 cm³/mol. The third-order valence-electron chi connectivity index (χ3n) is 2.23. The Morgan fingerprint density at radius 3 is 2.78 bits per heavy atom. The fourth-order valence-corrected chi connectivity index (χ4v) is 2.20. The van der Waals surface area contributed by atoms with Gasteiger partial charge >= 0.3 is 5.97 Å². The summed E-state index contributed by atoms with van der Waals surface area (Å²) >= 11 is 1.79. The summed E-state index contributed by atoms with van der Waals surface area (Å²) in [5.74, 6) is 1.60. The number of aromatic carboxylic acids is 1. The molecule has 5 heteroatoms. The number of aliphatic hydroxyl groups is 1. The molecule has 0 heterocycles. The molecule has 1 aromatic rings. The summed E-state index contributed by atoms with van der Waals surface area (Å²) in [6.45, 7) is 0.820. The standard InChI is InChI=1S/C13H18O4S/c14-6-2-8-18-9-3-7-17-12-5-1-4-11(10-12)13(15)16/h1,4-5,10,14H,2-3,6-9H2,(H,15,16). The quantitative estimate of drug-likeness (QED) is 0.674. The van der Waals surface area contributed by atoms with Crippen LogP contribution in [0.2, 0.25) is 0 Å². The minimum atomic E-state index is -0.944. The molecule has 0 amide bonds. The average molecular weight is 270 g/mol. The second-order valence-electron chi connectivity index (χ2n) is 3.72. The number of ether oxygens (including phenoxy) is 1. The Morgan fingerprint density at radius 1 is 1.28 bits per heavy atom. The highest BCUT2D eigenvalue weighted by molar-refractivity contribution is 7.99. The van der Waals surface area contributed by atoms with Crippen LogP contribution in [0.15, 0.2) is 24.3 Å². The molecule has 18 heavy (non-hydrogen) atoms. The number of carbonyl (C=O) groups is 1. The van der Waals surface area contributed by atoms with E-state index in [0.717, 1.165) is 24.3 Å². The second-order valence-corrected chi connectivity index (χ2v) is 4.95. The van der Waals surface area contributed by atoms with E-state index in [-0.39, 0.29) is 12.2 Å². The predicted octanol–water partition coefficient (Wildman–Crippen LogP) is 2.27. The van der Waals surface area contributed by atoms with Crippen LogP contribution in [0.4, 0.5) is 0 Å². The number of hydrogen-bond donors (Lipinski definition) is 2. The molecule has 0 aromatic heterocycles. The summed E-state index contributed by atoms with van der Waals surface area (Å²) in [7, 11) is 0. The molecule has 2 N–H and O–H groups in total. The number of carboxylic acids is 1. The van der Waals surface area contributed by atoms with Gasteiger partial charge in [0.2, 0.25) is 0 Å². The van der Waals surface area contributed by atoms with Crippen molar-refractivity contribution < 1.29 is 19.7 Å². The topological polar surface area (TPSA) is 66.8 Å². The van der Waals surface area contributed by atoms with Gasteiger partial charge in [-0.3, -0.25) is 0 Å². The van der Waals surface area contributed by atoms with E-state index < -0.39 is 5.97 Å². The molecule has 0 bridgehead atoms. The third-order valence-corrected chi connectivity index (χ3v) is 3.38. The van der Waals surface area contributed by atoms with Crippen LogP contribution >= 0.6 is 11.8 Å². The van der Waals surface area contributed by atoms with Crippen molar-refractivity contribution in [3.8, 4) is 5.75 Å². The van der Waals surface area contributed by atoms with Gasteiger partial charge in [-0.05, 0) is 42.5 Å². The lowest BCUT2D eigenvalue weighted by molar-refractivity contribution is 0.0696. The van der Waals surface area contributed by atoms with Crippen LogP contribution in [0.5, 0.6) is 5.75 Å². The lowest BCUT2D eigenvalue weighted by Gasteiger charge is -2.06. The summed E-state index contributed by atoms with van der Waals surface area (Å²) in [6, 6.07) is 6.50. The molecule has 0 atom stereocenters. The number of aliphatic hydroxyl groups excluding tert-OH is 1. The molecule has 0 fully saturated rings. The van der Waals surface area contributed by atoms with Gasteiger partial charge in [0.05, 0.1) is 12.2 Å². The van der Waals surface area contributed by atoms with E-state index in [4.69, 9.17) is 14.9 Å². The molecule has 4 nitrogen and oxygen atoms in total. The van der Waals surface area contributed by atoms with Crippen molar-refractivity contribution in [3.05, 3.63) is 29.8 Å². The molecule has 100 valence electrons. The Morgan fingerprint density at radius 2 is 2.06 bits per heavy atom. The number of rotatable bonds is 9. The molecule has 0 unspecified atom stereocenters. The van der Waals surface area contributed by atoms with Crippen LogP contribution in [-0.2, 0) is 0 Å². The number of thioether (sulfide) groups is 1. The van der Waals surface area contributed by atoms with Gasteiger partial charge in [0, 0.05) is 6.61 Å². The number of carboxylic acid groups (broad SMARTS) is 1. The lowest BCUT2D eigenvalue weighted by atomic mass is 10.2. The van der Waals surface area contributed by atoms with E-state index in [0.29, 0.717) is 12.4 Å². The maximum atomic E-state index is 10.8. The molecule has 0 saturated carbocycles. The zero-order valence-electron chi connectivity index (χ0n) is 10.2. The average Bonchev–Trinajstić information content (AvgIpc) is 2.38. The maximum Gasteiger partial charge on any atom is 0.335 e. The van der Waals surface area contributed by atoms with Crippen molar-refractivity contribution in [2.24, 2.45) is 0 Å². The van der Waals surface area contributed by atoms with Crippen LogP contribution in [0, 0.1) is 0 Å². The summed E-state index contributed by atoms with van der Waals surface area (Å²) in [6.07, 6.45) is 1.74. The van der Waals surface area contributed by atoms with E-state index in [1.807, 2.05) is 0 Å². The molecule has 1 aromatic carbocycles. The first kappa shape index (κ1) is 14.9. The minimum Gasteiger partial charge on any atom is -0.494 e. The van der Waals surface area contributed by atoms with Crippen LogP contribution in [0.25, 0.3) is 0 Å². The molecule has 0 aliphatic carbocycles. The van der Waals surface area contributed by atoms with Gasteiger partial charge in [0.25, 0.3) is 0 Å². The van der Waals surface area contributed by atoms with Crippen molar-refractivity contribution in [2.45, 2.75) is 12.8 Å². The van der Waals surface area contributed by atoms with Gasteiger partial charge < -0.3 is 14.9 Å². The minimum absolute atomic E-state index is 0.241. The highest BCUT2D eigenvalue weighted by Gasteiger charge is 2.03. The van der Waals surface area contributed by atoms with Crippen molar-refractivity contribution in [1.82, 2.24) is 0 Å². The smallest absolute Gasteiger partial charge is 0.335 e. The van der Waals surface area contributed by atoms with Gasteiger partial charge in [0.1, 0.15) is 5.75 Å². The van der Waals surface area contributed by atoms with Gasteiger partial charge in [-0.2, -0.15) is 11.8 Å². The highest BCUT2D eigenvalue weighted by atomic mass is 32.2. The Kier molecular flexibility index (Phi) is 7.29. The second kappa shape index (κ2) is 8.83. The van der Waals surface area contributed by atoms with Crippen molar-refractivity contribution >= 4 is 17.7 Å². The highest BCUT2D eigenvalue weighted by Crippen LogP contribution is 2.14. The van der Waals surface area contributed by atoms with Gasteiger partial charge in [-0.15, -0.1) is 0 Å². The summed E-state index contributed by atoms with van der Waals surface area (Å²) < 4.78 is 5.48. The zero-order chi connectivity index (χ0) is 13.2. The van der Waals surface area contributed by atoms with Crippen LogP contribution in [-0.4, -0.2) is 40.9 Å². The fourth-order valence-electron chi connectivity index (χ4n) is 1.34. The molecular weight excluding hydrogens is 252 g/mol. The van der Waals surface area contributed by atoms with Crippen molar-refractivity contribution in [3.63, 3.8) is 0 Å². The number of benzene rings is 1. The van der Waals surface area contributed by atoms with Crippen molar-refractivity contribution in [2.75, 3.05) is 24.7 Å². The first-order valence-electron chi connectivity index (χ1n) is 5.89. The normalized spacial score (nSPS) is 10.3. The monoisotopic (exact) mass is 270 g/mol. The Labute approximate surface area is 111 Å². The van der Waals surface area contributed by atoms with Crippen LogP contribution < -0.4 is 4.74 Å². The fraction of sp³-hybridized carbons (Fsp3) is 0.462. The van der Waals surface area contributed by atoms with Crippen LogP contribution in [0.3, 0.4) is 0 Å². The Balaban J connectivity index is 2.19. The first-order valence-corrected chi connectivity index (χ1v) is 7.04. The molecular formula is C13H18O4S. The summed E-state index contributed by atoms with van der Waals surface area (Å²) in [4.78, 5) is 10.8. The first-order chi connectivity index (χ1) is 8.74. The van der Waals surface area contributed by atoms with Gasteiger partial charge in [-0.1, -0.05) is 6.07 Å². The lowest BCUT2D eigenvalue weighted by Crippen LogP contribution is -2.01. The van der Waals surface area contributed by atoms with E-state index in [9.17, 15) is 4.79 Å².